The molecule has 2 aromatic carbocycles. The monoisotopic (exact) mass is 598 g/mol. The van der Waals surface area contributed by atoms with Gasteiger partial charge in [-0.05, 0) is 24.3 Å². The zero-order valence-corrected chi connectivity index (χ0v) is 24.3. The summed E-state index contributed by atoms with van der Waals surface area (Å²) in [4.78, 5) is 60.5. The third kappa shape index (κ3) is 12.8. The predicted octanol–water partition coefficient (Wildman–Crippen LogP) is 2.84. The molecule has 0 heterocycles. The van der Waals surface area contributed by atoms with Crippen LogP contribution >= 0.6 is 0 Å². The number of rotatable bonds is 15. The van der Waals surface area contributed by atoms with Gasteiger partial charge in [-0.2, -0.15) is 10.2 Å². The lowest BCUT2D eigenvalue weighted by Gasteiger charge is -2.35. The Bertz CT molecular complexity index is 1300. The van der Waals surface area contributed by atoms with Crippen LogP contribution in [0.4, 0.5) is 11.4 Å². The number of ether oxygens (including phenoxy) is 5. The standard InChI is InChI=1S/C29H34N4O10/c1-18(34)39-17-26(40-19(2)35)28(42-21(4)37)29(43-22(5)38)27(41-20(3)36)25(33-32-24-14-10-7-11-15-24)16-30-31-23-12-8-6-9-13-23/h6-16,26-29,31-32H,17H2,1-5H3/t26-,27+,28-,29-/m1/s1. The first kappa shape index (κ1) is 33.9. The van der Waals surface area contributed by atoms with E-state index in [-0.39, 0.29) is 5.71 Å². The van der Waals surface area contributed by atoms with Gasteiger partial charge in [0.2, 0.25) is 0 Å². The number of carbonyl (C=O) groups excluding carboxylic acids is 5. The minimum absolute atomic E-state index is 0.111. The van der Waals surface area contributed by atoms with Crippen molar-refractivity contribution >= 4 is 53.1 Å². The molecule has 0 bridgehead atoms. The molecule has 0 saturated carbocycles. The molecule has 0 aliphatic carbocycles. The SMILES string of the molecule is CC(=O)OC[C@@H](OC(C)=O)[C@@H](OC(C)=O)[C@H](OC(C)=O)[C@@H](OC(C)=O)C(C=NNc1ccccc1)=NNc1ccccc1. The Morgan fingerprint density at radius 2 is 1.14 bits per heavy atom. The molecule has 0 fully saturated rings. The molecule has 4 atom stereocenters. The van der Waals surface area contributed by atoms with E-state index in [0.717, 1.165) is 34.6 Å². The number of nitrogens with zero attached hydrogens (tertiary/aromatic N) is 2. The molecule has 14 heteroatoms. The van der Waals surface area contributed by atoms with Crippen molar-refractivity contribution in [1.82, 2.24) is 0 Å². The first-order valence-corrected chi connectivity index (χ1v) is 13.0. The number of esters is 5. The predicted molar refractivity (Wildman–Crippen MR) is 155 cm³/mol. The van der Waals surface area contributed by atoms with Gasteiger partial charge in [0.05, 0.1) is 17.6 Å². The summed E-state index contributed by atoms with van der Waals surface area (Å²) >= 11 is 0. The summed E-state index contributed by atoms with van der Waals surface area (Å²) in [5.41, 5.74) is 6.66. The van der Waals surface area contributed by atoms with Crippen LogP contribution in [0.1, 0.15) is 34.6 Å². The number of hydrazone groups is 2. The average Bonchev–Trinajstić information content (AvgIpc) is 2.94. The van der Waals surface area contributed by atoms with Crippen molar-refractivity contribution in [1.29, 1.82) is 0 Å². The van der Waals surface area contributed by atoms with E-state index in [1.165, 1.54) is 6.21 Å². The second kappa shape index (κ2) is 17.5. The third-order valence-electron chi connectivity index (χ3n) is 5.20. The van der Waals surface area contributed by atoms with Crippen LogP contribution in [0.2, 0.25) is 0 Å². The van der Waals surface area contributed by atoms with Crippen LogP contribution in [0.15, 0.2) is 70.9 Å². The van der Waals surface area contributed by atoms with E-state index >= 15 is 0 Å². The van der Waals surface area contributed by atoms with Crippen molar-refractivity contribution in [3.8, 4) is 0 Å². The summed E-state index contributed by atoms with van der Waals surface area (Å²) in [5.74, 6) is -4.13. The van der Waals surface area contributed by atoms with Crippen LogP contribution in [-0.2, 0) is 47.7 Å². The number of hydrogen-bond acceptors (Lipinski definition) is 14. The molecule has 0 unspecified atom stereocenters. The fourth-order valence-electron chi connectivity index (χ4n) is 3.62. The van der Waals surface area contributed by atoms with E-state index in [1.807, 2.05) is 6.07 Å². The van der Waals surface area contributed by atoms with E-state index in [0.29, 0.717) is 11.4 Å². The number of hydrogen-bond donors (Lipinski definition) is 2. The summed E-state index contributed by atoms with van der Waals surface area (Å²) in [7, 11) is 0. The first-order valence-electron chi connectivity index (χ1n) is 13.0. The quantitative estimate of drug-likeness (QED) is 0.133. The average molecular weight is 599 g/mol. The number of para-hydroxylation sites is 2. The van der Waals surface area contributed by atoms with Crippen LogP contribution < -0.4 is 10.9 Å². The Kier molecular flexibility index (Phi) is 13.8. The number of anilines is 2. The molecule has 0 aliphatic rings. The number of carbonyl (C=O) groups is 5. The Balaban J connectivity index is 2.69. The maximum absolute atomic E-state index is 12.4. The Hall–Kier alpha value is -5.27. The highest BCUT2D eigenvalue weighted by molar-refractivity contribution is 6.33. The third-order valence-corrected chi connectivity index (χ3v) is 5.20. The van der Waals surface area contributed by atoms with Crippen molar-refractivity contribution in [2.75, 3.05) is 17.5 Å². The highest BCUT2D eigenvalue weighted by Gasteiger charge is 2.45. The van der Waals surface area contributed by atoms with Gasteiger partial charge in [-0.3, -0.25) is 34.8 Å². The van der Waals surface area contributed by atoms with Crippen LogP contribution in [0.25, 0.3) is 0 Å². The summed E-state index contributed by atoms with van der Waals surface area (Å²) in [6, 6.07) is 17.6. The lowest BCUT2D eigenvalue weighted by molar-refractivity contribution is -0.197. The topological polar surface area (TPSA) is 180 Å². The molecule has 0 aromatic heterocycles. The molecule has 0 radical (unpaired) electrons. The molecule has 0 saturated heterocycles. The molecule has 230 valence electrons. The molecule has 0 amide bonds. The van der Waals surface area contributed by atoms with E-state index < -0.39 is 60.9 Å². The van der Waals surface area contributed by atoms with Crippen LogP contribution in [0.5, 0.6) is 0 Å². The largest absolute Gasteiger partial charge is 0.462 e. The number of nitrogens with one attached hydrogen (secondary N) is 2. The molecule has 2 aromatic rings. The van der Waals surface area contributed by atoms with E-state index in [2.05, 4.69) is 21.1 Å². The highest BCUT2D eigenvalue weighted by atomic mass is 16.6. The molecule has 14 nitrogen and oxygen atoms in total. The van der Waals surface area contributed by atoms with Crippen molar-refractivity contribution in [3.63, 3.8) is 0 Å². The van der Waals surface area contributed by atoms with Gasteiger partial charge in [0, 0.05) is 34.6 Å². The van der Waals surface area contributed by atoms with Gasteiger partial charge in [0.25, 0.3) is 0 Å². The fourth-order valence-corrected chi connectivity index (χ4v) is 3.62. The molecule has 0 aliphatic heterocycles. The number of benzene rings is 2. The zero-order valence-electron chi connectivity index (χ0n) is 24.3. The second-order valence-corrected chi connectivity index (χ2v) is 8.88. The van der Waals surface area contributed by atoms with Gasteiger partial charge < -0.3 is 23.7 Å². The molecule has 2 rings (SSSR count). The van der Waals surface area contributed by atoms with E-state index in [4.69, 9.17) is 23.7 Å². The van der Waals surface area contributed by atoms with Gasteiger partial charge in [-0.1, -0.05) is 36.4 Å². The lowest BCUT2D eigenvalue weighted by atomic mass is 9.98. The van der Waals surface area contributed by atoms with Gasteiger partial charge in [0.1, 0.15) is 12.3 Å². The van der Waals surface area contributed by atoms with Gasteiger partial charge in [0.15, 0.2) is 24.4 Å². The molecule has 43 heavy (non-hydrogen) atoms. The molecule has 0 spiro atoms. The maximum Gasteiger partial charge on any atom is 0.303 e. The Morgan fingerprint density at radius 3 is 1.63 bits per heavy atom. The summed E-state index contributed by atoms with van der Waals surface area (Å²) < 4.78 is 26.9. The van der Waals surface area contributed by atoms with Crippen molar-refractivity contribution in [2.45, 2.75) is 59.0 Å². The summed E-state index contributed by atoms with van der Waals surface area (Å²) in [6.07, 6.45) is -5.21. The van der Waals surface area contributed by atoms with Gasteiger partial charge in [-0.25, -0.2) is 0 Å². The normalized spacial score (nSPS) is 13.9. The van der Waals surface area contributed by atoms with Gasteiger partial charge >= 0.3 is 29.8 Å². The zero-order chi connectivity index (χ0) is 31.8. The van der Waals surface area contributed by atoms with E-state index in [1.54, 1.807) is 54.6 Å². The van der Waals surface area contributed by atoms with Crippen LogP contribution in [0, 0.1) is 0 Å². The molecule has 2 N–H and O–H groups in total. The second-order valence-electron chi connectivity index (χ2n) is 8.88. The maximum atomic E-state index is 12.4. The molecular weight excluding hydrogens is 564 g/mol. The first-order chi connectivity index (χ1) is 20.5. The highest BCUT2D eigenvalue weighted by Crippen LogP contribution is 2.22. The summed E-state index contributed by atoms with van der Waals surface area (Å²) in [5, 5.41) is 8.51. The molecular formula is C29H34N4O10. The van der Waals surface area contributed by atoms with Crippen LogP contribution in [0.3, 0.4) is 0 Å². The smallest absolute Gasteiger partial charge is 0.303 e. The summed E-state index contributed by atoms with van der Waals surface area (Å²) in [6.45, 7) is 4.84. The van der Waals surface area contributed by atoms with Crippen molar-refractivity contribution in [3.05, 3.63) is 60.7 Å². The minimum Gasteiger partial charge on any atom is -0.462 e. The van der Waals surface area contributed by atoms with Crippen molar-refractivity contribution in [2.24, 2.45) is 10.2 Å². The van der Waals surface area contributed by atoms with E-state index in [9.17, 15) is 24.0 Å². The van der Waals surface area contributed by atoms with Crippen LogP contribution in [-0.4, -0.2) is 72.8 Å². The fraction of sp³-hybridized carbons (Fsp3) is 0.345. The Morgan fingerprint density at radius 1 is 0.651 bits per heavy atom. The lowest BCUT2D eigenvalue weighted by Crippen LogP contribution is -2.55. The van der Waals surface area contributed by atoms with Crippen molar-refractivity contribution < 1.29 is 47.7 Å². The Labute approximate surface area is 248 Å². The minimum atomic E-state index is -1.68. The van der Waals surface area contributed by atoms with Gasteiger partial charge in [-0.15, -0.1) is 0 Å².